The molecule has 0 aromatic heterocycles. The lowest BCUT2D eigenvalue weighted by atomic mass is 9.89. The molecule has 1 N–H and O–H groups in total. The quantitative estimate of drug-likeness (QED) is 0.791. The standard InChI is InChI=1S/C14H24N2O3/c1-10-8-15(9-11(10)2)13(19)16-7-5-4-6-14(16,3)12(17)18/h10-11H,4-9H2,1-3H3,(H,17,18). The van der Waals surface area contributed by atoms with Crippen molar-refractivity contribution >= 4 is 12.0 Å². The highest BCUT2D eigenvalue weighted by molar-refractivity contribution is 5.86. The van der Waals surface area contributed by atoms with Gasteiger partial charge in [-0.1, -0.05) is 13.8 Å². The number of hydrogen-bond donors (Lipinski definition) is 1. The van der Waals surface area contributed by atoms with Gasteiger partial charge in [0.05, 0.1) is 0 Å². The Morgan fingerprint density at radius 1 is 1.16 bits per heavy atom. The van der Waals surface area contributed by atoms with Gasteiger partial charge in [0.1, 0.15) is 5.54 Å². The fourth-order valence-electron chi connectivity index (χ4n) is 3.11. The van der Waals surface area contributed by atoms with Crippen molar-refractivity contribution in [3.8, 4) is 0 Å². The van der Waals surface area contributed by atoms with Crippen molar-refractivity contribution in [1.29, 1.82) is 0 Å². The predicted octanol–water partition coefficient (Wildman–Crippen LogP) is 2.02. The van der Waals surface area contributed by atoms with Gasteiger partial charge in [-0.2, -0.15) is 0 Å². The minimum absolute atomic E-state index is 0.0965. The van der Waals surface area contributed by atoms with Crippen molar-refractivity contribution in [2.45, 2.75) is 45.6 Å². The topological polar surface area (TPSA) is 60.9 Å². The van der Waals surface area contributed by atoms with Crippen LogP contribution in [0, 0.1) is 11.8 Å². The summed E-state index contributed by atoms with van der Waals surface area (Å²) in [5, 5.41) is 9.45. The Labute approximate surface area is 114 Å². The Bertz CT molecular complexity index is 375. The van der Waals surface area contributed by atoms with E-state index in [0.717, 1.165) is 25.9 Å². The highest BCUT2D eigenvalue weighted by atomic mass is 16.4. The summed E-state index contributed by atoms with van der Waals surface area (Å²) in [7, 11) is 0. The molecule has 2 fully saturated rings. The first-order valence-corrected chi connectivity index (χ1v) is 7.16. The molecule has 108 valence electrons. The van der Waals surface area contributed by atoms with E-state index in [1.54, 1.807) is 11.8 Å². The van der Waals surface area contributed by atoms with Gasteiger partial charge in [-0.15, -0.1) is 0 Å². The average molecular weight is 268 g/mol. The maximum absolute atomic E-state index is 12.6. The molecule has 0 radical (unpaired) electrons. The van der Waals surface area contributed by atoms with Gasteiger partial charge in [-0.05, 0) is 38.0 Å². The van der Waals surface area contributed by atoms with E-state index in [1.165, 1.54) is 0 Å². The van der Waals surface area contributed by atoms with Crippen molar-refractivity contribution in [2.75, 3.05) is 19.6 Å². The molecule has 0 aliphatic carbocycles. The molecule has 2 heterocycles. The first-order valence-electron chi connectivity index (χ1n) is 7.16. The molecule has 2 aliphatic rings. The molecule has 19 heavy (non-hydrogen) atoms. The van der Waals surface area contributed by atoms with Crippen molar-refractivity contribution in [3.63, 3.8) is 0 Å². The van der Waals surface area contributed by atoms with Crippen LogP contribution < -0.4 is 0 Å². The van der Waals surface area contributed by atoms with Crippen LogP contribution in [-0.4, -0.2) is 52.1 Å². The van der Waals surface area contributed by atoms with Crippen molar-refractivity contribution in [2.24, 2.45) is 11.8 Å². The summed E-state index contributed by atoms with van der Waals surface area (Å²) >= 11 is 0. The first-order chi connectivity index (χ1) is 8.86. The maximum atomic E-state index is 12.6. The van der Waals surface area contributed by atoms with Gasteiger partial charge in [0.2, 0.25) is 0 Å². The highest BCUT2D eigenvalue weighted by Gasteiger charge is 2.46. The van der Waals surface area contributed by atoms with Crippen LogP contribution in [-0.2, 0) is 4.79 Å². The van der Waals surface area contributed by atoms with Crippen LogP contribution in [0.1, 0.15) is 40.0 Å². The second kappa shape index (κ2) is 5.02. The summed E-state index contributed by atoms with van der Waals surface area (Å²) < 4.78 is 0. The van der Waals surface area contributed by atoms with E-state index >= 15 is 0 Å². The fourth-order valence-corrected chi connectivity index (χ4v) is 3.11. The number of hydrogen-bond acceptors (Lipinski definition) is 2. The summed E-state index contributed by atoms with van der Waals surface area (Å²) in [4.78, 5) is 27.5. The van der Waals surface area contributed by atoms with Crippen LogP contribution >= 0.6 is 0 Å². The maximum Gasteiger partial charge on any atom is 0.329 e. The van der Waals surface area contributed by atoms with Crippen molar-refractivity contribution in [3.05, 3.63) is 0 Å². The Kier molecular flexibility index (Phi) is 3.74. The summed E-state index contributed by atoms with van der Waals surface area (Å²) in [6.45, 7) is 8.00. The largest absolute Gasteiger partial charge is 0.480 e. The first kappa shape index (κ1) is 14.2. The number of amides is 2. The van der Waals surface area contributed by atoms with Gasteiger partial charge in [0.15, 0.2) is 0 Å². The van der Waals surface area contributed by atoms with Gasteiger partial charge in [-0.25, -0.2) is 9.59 Å². The van der Waals surface area contributed by atoms with E-state index in [9.17, 15) is 14.7 Å². The molecule has 0 aromatic carbocycles. The van der Waals surface area contributed by atoms with E-state index in [-0.39, 0.29) is 6.03 Å². The Hall–Kier alpha value is -1.26. The minimum Gasteiger partial charge on any atom is -0.480 e. The zero-order valence-corrected chi connectivity index (χ0v) is 12.1. The molecule has 0 saturated carbocycles. The molecule has 3 atom stereocenters. The summed E-state index contributed by atoms with van der Waals surface area (Å²) in [5.74, 6) is 0.0930. The summed E-state index contributed by atoms with van der Waals surface area (Å²) in [6, 6.07) is -0.0965. The number of urea groups is 1. The second-order valence-electron chi connectivity index (χ2n) is 6.33. The molecular weight excluding hydrogens is 244 g/mol. The molecule has 3 unspecified atom stereocenters. The van der Waals surface area contributed by atoms with Crippen molar-refractivity contribution in [1.82, 2.24) is 9.80 Å². The van der Waals surface area contributed by atoms with E-state index < -0.39 is 11.5 Å². The van der Waals surface area contributed by atoms with Crippen molar-refractivity contribution < 1.29 is 14.7 Å². The molecule has 5 heteroatoms. The van der Waals surface area contributed by atoms with Gasteiger partial charge >= 0.3 is 12.0 Å². The number of nitrogens with zero attached hydrogens (tertiary/aromatic N) is 2. The molecule has 2 aliphatic heterocycles. The number of carboxylic acid groups (broad SMARTS) is 1. The minimum atomic E-state index is -1.04. The smallest absolute Gasteiger partial charge is 0.329 e. The third kappa shape index (κ3) is 2.42. The van der Waals surface area contributed by atoms with E-state index in [1.807, 2.05) is 4.90 Å². The Morgan fingerprint density at radius 2 is 1.74 bits per heavy atom. The van der Waals surface area contributed by atoms with E-state index in [4.69, 9.17) is 0 Å². The lowest BCUT2D eigenvalue weighted by Crippen LogP contribution is -2.60. The summed E-state index contributed by atoms with van der Waals surface area (Å²) in [6.07, 6.45) is 2.32. The summed E-state index contributed by atoms with van der Waals surface area (Å²) in [5.41, 5.74) is -1.04. The SMILES string of the molecule is CC1CN(C(=O)N2CCCCC2(C)C(=O)O)CC1C. The van der Waals surface area contributed by atoms with Gasteiger partial charge < -0.3 is 14.9 Å². The average Bonchev–Trinajstić information content (AvgIpc) is 2.69. The molecule has 2 amide bonds. The molecule has 0 aromatic rings. The second-order valence-corrected chi connectivity index (χ2v) is 6.33. The lowest BCUT2D eigenvalue weighted by Gasteiger charge is -2.43. The monoisotopic (exact) mass is 268 g/mol. The van der Waals surface area contributed by atoms with Crippen LogP contribution in [0.3, 0.4) is 0 Å². The zero-order valence-electron chi connectivity index (χ0n) is 12.1. The number of piperidine rings is 1. The predicted molar refractivity (Wildman–Crippen MR) is 71.9 cm³/mol. The number of carbonyl (C=O) groups is 2. The number of carbonyl (C=O) groups excluding carboxylic acids is 1. The van der Waals surface area contributed by atoms with Gasteiger partial charge in [0, 0.05) is 19.6 Å². The van der Waals surface area contributed by atoms with Crippen LogP contribution in [0.4, 0.5) is 4.79 Å². The van der Waals surface area contributed by atoms with Gasteiger partial charge in [0.25, 0.3) is 0 Å². The number of carboxylic acids is 1. The van der Waals surface area contributed by atoms with E-state index in [0.29, 0.717) is 24.8 Å². The number of aliphatic carboxylic acids is 1. The molecule has 0 bridgehead atoms. The van der Waals surface area contributed by atoms with E-state index in [2.05, 4.69) is 13.8 Å². The Balaban J connectivity index is 2.15. The molecule has 5 nitrogen and oxygen atoms in total. The number of likely N-dealkylation sites (tertiary alicyclic amines) is 2. The lowest BCUT2D eigenvalue weighted by molar-refractivity contribution is -0.150. The highest BCUT2D eigenvalue weighted by Crippen LogP contribution is 2.31. The molecular formula is C14H24N2O3. The molecule has 2 saturated heterocycles. The molecule has 0 spiro atoms. The van der Waals surface area contributed by atoms with Crippen LogP contribution in [0.2, 0.25) is 0 Å². The zero-order chi connectivity index (χ0) is 14.2. The third-order valence-electron chi connectivity index (χ3n) is 4.84. The normalized spacial score (nSPS) is 35.5. The van der Waals surface area contributed by atoms with Crippen LogP contribution in [0.25, 0.3) is 0 Å². The fraction of sp³-hybridized carbons (Fsp3) is 0.857. The molecule has 2 rings (SSSR count). The number of rotatable bonds is 1. The van der Waals surface area contributed by atoms with Gasteiger partial charge in [-0.3, -0.25) is 0 Å². The van der Waals surface area contributed by atoms with Crippen LogP contribution in [0.5, 0.6) is 0 Å². The van der Waals surface area contributed by atoms with Crippen LogP contribution in [0.15, 0.2) is 0 Å². The Morgan fingerprint density at radius 3 is 2.26 bits per heavy atom. The third-order valence-corrected chi connectivity index (χ3v) is 4.84.